The van der Waals surface area contributed by atoms with Gasteiger partial charge in [0.05, 0.1) is 11.6 Å². The molecule has 6 heteroatoms. The van der Waals surface area contributed by atoms with Gasteiger partial charge in [-0.2, -0.15) is 0 Å². The molecule has 1 aliphatic carbocycles. The number of nitrogens with one attached hydrogen (secondary N) is 2. The first-order valence-corrected chi connectivity index (χ1v) is 9.63. The maximum Gasteiger partial charge on any atom is 0.407 e. The van der Waals surface area contributed by atoms with Crippen LogP contribution in [0.25, 0.3) is 0 Å². The van der Waals surface area contributed by atoms with E-state index in [2.05, 4.69) is 26.6 Å². The van der Waals surface area contributed by atoms with E-state index in [1.54, 1.807) is 7.11 Å². The van der Waals surface area contributed by atoms with E-state index in [0.29, 0.717) is 5.92 Å². The van der Waals surface area contributed by atoms with Gasteiger partial charge in [0.1, 0.15) is 11.4 Å². The fourth-order valence-electron chi connectivity index (χ4n) is 3.02. The van der Waals surface area contributed by atoms with Crippen LogP contribution in [0, 0.1) is 5.92 Å². The minimum atomic E-state index is -0.447. The second kappa shape index (κ2) is 8.79. The molecule has 25 heavy (non-hydrogen) atoms. The summed E-state index contributed by atoms with van der Waals surface area (Å²) in [5.41, 5.74) is 0.616. The van der Waals surface area contributed by atoms with Crippen LogP contribution in [0.3, 0.4) is 0 Å². The van der Waals surface area contributed by atoms with Crippen molar-refractivity contribution >= 4 is 27.7 Å². The summed E-state index contributed by atoms with van der Waals surface area (Å²) in [6, 6.07) is 6.25. The first-order chi connectivity index (χ1) is 11.8. The zero-order valence-electron chi connectivity index (χ0n) is 15.5. The Balaban J connectivity index is 1.73. The third-order valence-corrected chi connectivity index (χ3v) is 4.97. The molecule has 0 aromatic heterocycles. The minimum absolute atomic E-state index is 0.221. The van der Waals surface area contributed by atoms with E-state index < -0.39 is 5.60 Å². The summed E-state index contributed by atoms with van der Waals surface area (Å²) in [5, 5.41) is 6.48. The Hall–Kier alpha value is -1.43. The van der Waals surface area contributed by atoms with Crippen molar-refractivity contribution in [2.45, 2.75) is 58.1 Å². The van der Waals surface area contributed by atoms with Crippen molar-refractivity contribution in [2.24, 2.45) is 5.92 Å². The number of anilines is 1. The zero-order chi connectivity index (χ0) is 18.4. The van der Waals surface area contributed by atoms with Gasteiger partial charge in [0.25, 0.3) is 0 Å². The van der Waals surface area contributed by atoms with Crippen LogP contribution in [0.2, 0.25) is 0 Å². The summed E-state index contributed by atoms with van der Waals surface area (Å²) in [4.78, 5) is 11.8. The molecule has 1 aliphatic rings. The fourth-order valence-corrected chi connectivity index (χ4v) is 3.43. The molecule has 0 atom stereocenters. The lowest BCUT2D eigenvalue weighted by molar-refractivity contribution is 0.0488. The van der Waals surface area contributed by atoms with Crippen molar-refractivity contribution < 1.29 is 14.3 Å². The maximum atomic E-state index is 11.8. The summed E-state index contributed by atoms with van der Waals surface area (Å²) >= 11 is 3.46. The Bertz CT molecular complexity index is 579. The number of carbonyl (C=O) groups is 1. The van der Waals surface area contributed by atoms with Gasteiger partial charge >= 0.3 is 6.09 Å². The van der Waals surface area contributed by atoms with Gasteiger partial charge < -0.3 is 20.1 Å². The van der Waals surface area contributed by atoms with Crippen LogP contribution in [-0.4, -0.2) is 31.4 Å². The van der Waals surface area contributed by atoms with Gasteiger partial charge in [-0.25, -0.2) is 4.79 Å². The summed E-state index contributed by atoms with van der Waals surface area (Å²) in [5.74, 6) is 1.45. The van der Waals surface area contributed by atoms with Crippen LogP contribution in [0.4, 0.5) is 10.5 Å². The summed E-state index contributed by atoms with van der Waals surface area (Å²) in [6.45, 7) is 6.58. The molecule has 0 unspecified atom stereocenters. The Labute approximate surface area is 159 Å². The summed E-state index contributed by atoms with van der Waals surface area (Å²) in [6.07, 6.45) is 3.88. The largest absolute Gasteiger partial charge is 0.495 e. The Morgan fingerprint density at radius 2 is 1.92 bits per heavy atom. The highest BCUT2D eigenvalue weighted by atomic mass is 79.9. The molecular weight excluding hydrogens is 384 g/mol. The van der Waals surface area contributed by atoms with Gasteiger partial charge in [-0.1, -0.05) is 0 Å². The number of benzene rings is 1. The molecule has 0 saturated heterocycles. The monoisotopic (exact) mass is 412 g/mol. The number of carbonyl (C=O) groups excluding carboxylic acids is 1. The van der Waals surface area contributed by atoms with E-state index in [9.17, 15) is 4.79 Å². The average molecular weight is 413 g/mol. The normalized spacial score (nSPS) is 20.7. The number of halogens is 1. The smallest absolute Gasteiger partial charge is 0.407 e. The molecule has 2 rings (SSSR count). The lowest BCUT2D eigenvalue weighted by Crippen LogP contribution is -2.41. The number of ether oxygens (including phenoxy) is 2. The predicted molar refractivity (Wildman–Crippen MR) is 104 cm³/mol. The lowest BCUT2D eigenvalue weighted by Gasteiger charge is -2.30. The van der Waals surface area contributed by atoms with Crippen molar-refractivity contribution in [2.75, 3.05) is 19.0 Å². The topological polar surface area (TPSA) is 59.6 Å². The number of amides is 1. The number of hydrogen-bond donors (Lipinski definition) is 2. The van der Waals surface area contributed by atoms with Gasteiger partial charge in [-0.05, 0) is 80.4 Å². The van der Waals surface area contributed by atoms with Gasteiger partial charge in [-0.15, -0.1) is 0 Å². The molecule has 140 valence electrons. The Morgan fingerprint density at radius 1 is 1.24 bits per heavy atom. The van der Waals surface area contributed by atoms with Crippen LogP contribution in [-0.2, 0) is 4.74 Å². The van der Waals surface area contributed by atoms with E-state index in [-0.39, 0.29) is 12.1 Å². The van der Waals surface area contributed by atoms with Gasteiger partial charge in [-0.3, -0.25) is 0 Å². The average Bonchev–Trinajstić information content (AvgIpc) is 2.53. The molecule has 1 aromatic carbocycles. The first-order valence-electron chi connectivity index (χ1n) is 8.84. The highest BCUT2D eigenvalue weighted by Crippen LogP contribution is 2.29. The van der Waals surface area contributed by atoms with Crippen molar-refractivity contribution in [1.82, 2.24) is 5.32 Å². The standard InChI is InChI=1S/C19H29BrN2O3/c1-19(2,3)25-18(23)22-14-7-5-13(6-8-14)12-21-15-9-10-16(20)17(11-15)24-4/h9-11,13-14,21H,5-8,12H2,1-4H3,(H,22,23). The van der Waals surface area contributed by atoms with Crippen LogP contribution in [0.1, 0.15) is 46.5 Å². The van der Waals surface area contributed by atoms with Gasteiger partial charge in [0.2, 0.25) is 0 Å². The number of hydrogen-bond acceptors (Lipinski definition) is 4. The second-order valence-corrected chi connectivity index (χ2v) is 8.45. The van der Waals surface area contributed by atoms with Crippen LogP contribution in [0.15, 0.2) is 22.7 Å². The van der Waals surface area contributed by atoms with E-state index in [1.807, 2.05) is 39.0 Å². The zero-order valence-corrected chi connectivity index (χ0v) is 17.1. The van der Waals surface area contributed by atoms with Crippen LogP contribution in [0.5, 0.6) is 5.75 Å². The third kappa shape index (κ3) is 6.77. The van der Waals surface area contributed by atoms with Crippen molar-refractivity contribution in [1.29, 1.82) is 0 Å². The predicted octanol–water partition coefficient (Wildman–Crippen LogP) is 4.95. The molecule has 0 heterocycles. The first kappa shape index (κ1) is 19.9. The van der Waals surface area contributed by atoms with Gasteiger partial charge in [0, 0.05) is 24.3 Å². The molecule has 0 aliphatic heterocycles. The van der Waals surface area contributed by atoms with Crippen LogP contribution < -0.4 is 15.4 Å². The molecule has 1 fully saturated rings. The number of alkyl carbamates (subject to hydrolysis) is 1. The Kier molecular flexibility index (Phi) is 6.99. The van der Waals surface area contributed by atoms with Gasteiger partial charge in [0.15, 0.2) is 0 Å². The quantitative estimate of drug-likeness (QED) is 0.717. The van der Waals surface area contributed by atoms with E-state index in [4.69, 9.17) is 9.47 Å². The lowest BCUT2D eigenvalue weighted by atomic mass is 9.86. The molecule has 0 spiro atoms. The molecular formula is C19H29BrN2O3. The Morgan fingerprint density at radius 3 is 2.52 bits per heavy atom. The molecule has 5 nitrogen and oxygen atoms in total. The maximum absolute atomic E-state index is 11.8. The summed E-state index contributed by atoms with van der Waals surface area (Å²) < 4.78 is 11.6. The number of methoxy groups -OCH3 is 1. The minimum Gasteiger partial charge on any atom is -0.495 e. The molecule has 2 N–H and O–H groups in total. The van der Waals surface area contributed by atoms with E-state index >= 15 is 0 Å². The van der Waals surface area contributed by atoms with E-state index in [1.165, 1.54) is 0 Å². The van der Waals surface area contributed by atoms with Crippen molar-refractivity contribution in [3.05, 3.63) is 22.7 Å². The van der Waals surface area contributed by atoms with Crippen molar-refractivity contribution in [3.8, 4) is 5.75 Å². The third-order valence-electron chi connectivity index (χ3n) is 4.31. The van der Waals surface area contributed by atoms with Crippen molar-refractivity contribution in [3.63, 3.8) is 0 Å². The number of rotatable bonds is 5. The SMILES string of the molecule is COc1cc(NCC2CCC(NC(=O)OC(C)(C)C)CC2)ccc1Br. The molecule has 1 saturated carbocycles. The summed E-state index contributed by atoms with van der Waals surface area (Å²) in [7, 11) is 1.67. The van der Waals surface area contributed by atoms with E-state index in [0.717, 1.165) is 48.1 Å². The van der Waals surface area contributed by atoms with Crippen LogP contribution >= 0.6 is 15.9 Å². The second-order valence-electron chi connectivity index (χ2n) is 7.59. The molecule has 0 bridgehead atoms. The highest BCUT2D eigenvalue weighted by Gasteiger charge is 2.24. The molecule has 0 radical (unpaired) electrons. The molecule has 1 amide bonds. The molecule has 1 aromatic rings. The highest BCUT2D eigenvalue weighted by molar-refractivity contribution is 9.10. The fraction of sp³-hybridized carbons (Fsp3) is 0.632.